The molecule has 6 heteroatoms. The molecule has 3 atom stereocenters. The lowest BCUT2D eigenvalue weighted by molar-refractivity contribution is -0.150. The fraction of sp³-hybridized carbons (Fsp3) is 0.583. The van der Waals surface area contributed by atoms with Crippen LogP contribution in [0.4, 0.5) is 0 Å². The fourth-order valence-electron chi connectivity index (χ4n) is 2.43. The summed E-state index contributed by atoms with van der Waals surface area (Å²) in [6.07, 6.45) is 4.04. The van der Waals surface area contributed by atoms with Crippen LogP contribution < -0.4 is 0 Å². The third-order valence-corrected chi connectivity index (χ3v) is 3.52. The van der Waals surface area contributed by atoms with Crippen molar-refractivity contribution in [3.8, 4) is 0 Å². The molecule has 1 fully saturated rings. The average molecular weight is 251 g/mol. The van der Waals surface area contributed by atoms with Crippen molar-refractivity contribution in [1.29, 1.82) is 0 Å². The summed E-state index contributed by atoms with van der Waals surface area (Å²) in [6.45, 7) is 4.10. The van der Waals surface area contributed by atoms with Crippen molar-refractivity contribution in [2.45, 2.75) is 32.4 Å². The van der Waals surface area contributed by atoms with Gasteiger partial charge in [0, 0.05) is 18.9 Å². The summed E-state index contributed by atoms with van der Waals surface area (Å²) in [5.74, 6) is -1.12. The summed E-state index contributed by atoms with van der Waals surface area (Å²) in [6, 6.07) is 0.563. The van der Waals surface area contributed by atoms with Crippen LogP contribution in [-0.4, -0.2) is 44.3 Å². The minimum absolute atomic E-state index is 0.00345. The lowest BCUT2D eigenvalue weighted by Crippen LogP contribution is -2.45. The third kappa shape index (κ3) is 2.10. The second kappa shape index (κ2) is 4.80. The number of hydrogen-bond acceptors (Lipinski definition) is 3. The van der Waals surface area contributed by atoms with Gasteiger partial charge < -0.3 is 10.0 Å². The van der Waals surface area contributed by atoms with Crippen LogP contribution in [0.1, 0.15) is 26.3 Å². The molecule has 1 saturated heterocycles. The van der Waals surface area contributed by atoms with Gasteiger partial charge in [-0.15, -0.1) is 0 Å². The predicted molar refractivity (Wildman–Crippen MR) is 63.9 cm³/mol. The van der Waals surface area contributed by atoms with Crippen molar-refractivity contribution in [2.75, 3.05) is 6.54 Å². The number of carbonyl (C=O) groups is 2. The zero-order valence-electron chi connectivity index (χ0n) is 10.5. The quantitative estimate of drug-likeness (QED) is 0.860. The lowest BCUT2D eigenvalue weighted by Gasteiger charge is -2.26. The van der Waals surface area contributed by atoms with Crippen LogP contribution in [0.5, 0.6) is 0 Å². The Morgan fingerprint density at radius 1 is 1.50 bits per heavy atom. The Bertz CT molecular complexity index is 443. The van der Waals surface area contributed by atoms with Gasteiger partial charge >= 0.3 is 5.97 Å². The topological polar surface area (TPSA) is 75.4 Å². The molecule has 3 unspecified atom stereocenters. The molecule has 0 aliphatic carbocycles. The van der Waals surface area contributed by atoms with E-state index in [-0.39, 0.29) is 11.8 Å². The molecule has 0 bridgehead atoms. The Labute approximate surface area is 105 Å². The van der Waals surface area contributed by atoms with Gasteiger partial charge in [-0.1, -0.05) is 6.92 Å². The minimum atomic E-state index is -0.930. The largest absolute Gasteiger partial charge is 0.480 e. The van der Waals surface area contributed by atoms with Gasteiger partial charge in [-0.3, -0.25) is 9.48 Å². The van der Waals surface area contributed by atoms with E-state index in [1.54, 1.807) is 30.1 Å². The highest BCUT2D eigenvalue weighted by atomic mass is 16.4. The number of amides is 1. The second-order valence-corrected chi connectivity index (χ2v) is 4.74. The highest BCUT2D eigenvalue weighted by Crippen LogP contribution is 2.26. The van der Waals surface area contributed by atoms with E-state index in [0.717, 1.165) is 6.42 Å². The van der Waals surface area contributed by atoms with Crippen LogP contribution in [0, 0.1) is 5.92 Å². The first-order valence-corrected chi connectivity index (χ1v) is 6.04. The summed E-state index contributed by atoms with van der Waals surface area (Å²) in [5.41, 5.74) is 0. The molecule has 1 aliphatic heterocycles. The van der Waals surface area contributed by atoms with Crippen LogP contribution in [0.25, 0.3) is 0 Å². The standard InChI is InChI=1S/C12H17N3O3/c1-8-4-7-14(10(8)12(17)18)11(16)9(2)15-6-3-5-13-15/h3,5-6,8-10H,4,7H2,1-2H3,(H,17,18). The first-order valence-electron chi connectivity index (χ1n) is 6.04. The molecule has 1 aliphatic rings. The molecule has 0 saturated carbocycles. The molecule has 6 nitrogen and oxygen atoms in total. The summed E-state index contributed by atoms with van der Waals surface area (Å²) >= 11 is 0. The van der Waals surface area contributed by atoms with E-state index in [9.17, 15) is 14.7 Å². The van der Waals surface area contributed by atoms with E-state index in [2.05, 4.69) is 5.10 Å². The Hall–Kier alpha value is -1.85. The van der Waals surface area contributed by atoms with E-state index >= 15 is 0 Å². The van der Waals surface area contributed by atoms with E-state index in [0.29, 0.717) is 6.54 Å². The molecule has 2 heterocycles. The highest BCUT2D eigenvalue weighted by molar-refractivity contribution is 5.86. The number of hydrogen-bond donors (Lipinski definition) is 1. The summed E-state index contributed by atoms with van der Waals surface area (Å²) < 4.78 is 1.55. The number of nitrogens with zero attached hydrogens (tertiary/aromatic N) is 3. The van der Waals surface area contributed by atoms with Crippen molar-refractivity contribution in [1.82, 2.24) is 14.7 Å². The van der Waals surface area contributed by atoms with Crippen LogP contribution in [0.15, 0.2) is 18.5 Å². The van der Waals surface area contributed by atoms with Gasteiger partial charge in [0.2, 0.25) is 5.91 Å². The molecule has 2 rings (SSSR count). The summed E-state index contributed by atoms with van der Waals surface area (Å²) in [7, 11) is 0. The van der Waals surface area contributed by atoms with Gasteiger partial charge in [-0.2, -0.15) is 5.10 Å². The SMILES string of the molecule is CC1CCN(C(=O)C(C)n2cccn2)C1C(=O)O. The maximum atomic E-state index is 12.3. The van der Waals surface area contributed by atoms with E-state index < -0.39 is 18.1 Å². The second-order valence-electron chi connectivity index (χ2n) is 4.74. The number of aromatic nitrogens is 2. The third-order valence-electron chi connectivity index (χ3n) is 3.52. The molecule has 1 aromatic heterocycles. The number of likely N-dealkylation sites (tertiary alicyclic amines) is 1. The molecule has 0 radical (unpaired) electrons. The van der Waals surface area contributed by atoms with E-state index in [1.165, 1.54) is 4.90 Å². The Kier molecular flexibility index (Phi) is 3.36. The van der Waals surface area contributed by atoms with Gasteiger partial charge in [0.15, 0.2) is 0 Å². The van der Waals surface area contributed by atoms with Crippen molar-refractivity contribution in [3.63, 3.8) is 0 Å². The predicted octanol–water partition coefficient (Wildman–Crippen LogP) is 0.766. The maximum absolute atomic E-state index is 12.3. The van der Waals surface area contributed by atoms with Crippen molar-refractivity contribution < 1.29 is 14.7 Å². The van der Waals surface area contributed by atoms with Gasteiger partial charge in [0.1, 0.15) is 12.1 Å². The van der Waals surface area contributed by atoms with Crippen LogP contribution in [0.3, 0.4) is 0 Å². The smallest absolute Gasteiger partial charge is 0.326 e. The number of aliphatic carboxylic acids is 1. The molecule has 0 spiro atoms. The number of rotatable bonds is 3. The molecule has 1 amide bonds. The van der Waals surface area contributed by atoms with E-state index in [1.807, 2.05) is 6.92 Å². The summed E-state index contributed by atoms with van der Waals surface area (Å²) in [4.78, 5) is 25.0. The maximum Gasteiger partial charge on any atom is 0.326 e. The monoisotopic (exact) mass is 251 g/mol. The zero-order valence-corrected chi connectivity index (χ0v) is 10.5. The average Bonchev–Trinajstić information content (AvgIpc) is 2.95. The first kappa shape index (κ1) is 12.6. The first-order chi connectivity index (χ1) is 8.52. The number of carboxylic acids is 1. The van der Waals surface area contributed by atoms with Crippen LogP contribution in [0.2, 0.25) is 0 Å². The Morgan fingerprint density at radius 3 is 2.78 bits per heavy atom. The zero-order chi connectivity index (χ0) is 13.3. The van der Waals surface area contributed by atoms with Crippen molar-refractivity contribution >= 4 is 11.9 Å². The number of carbonyl (C=O) groups excluding carboxylic acids is 1. The molecule has 0 aromatic carbocycles. The van der Waals surface area contributed by atoms with E-state index in [4.69, 9.17) is 0 Å². The van der Waals surface area contributed by atoms with Crippen LogP contribution in [-0.2, 0) is 9.59 Å². The van der Waals surface area contributed by atoms with Crippen LogP contribution >= 0.6 is 0 Å². The Morgan fingerprint density at radius 2 is 2.22 bits per heavy atom. The molecule has 1 aromatic rings. The molecule has 18 heavy (non-hydrogen) atoms. The molecular weight excluding hydrogens is 234 g/mol. The molecular formula is C12H17N3O3. The van der Waals surface area contributed by atoms with Gasteiger partial charge in [0.05, 0.1) is 0 Å². The fourth-order valence-corrected chi connectivity index (χ4v) is 2.43. The van der Waals surface area contributed by atoms with Gasteiger partial charge in [-0.05, 0) is 25.3 Å². The van der Waals surface area contributed by atoms with Crippen molar-refractivity contribution in [3.05, 3.63) is 18.5 Å². The van der Waals surface area contributed by atoms with Gasteiger partial charge in [-0.25, -0.2) is 4.79 Å². The van der Waals surface area contributed by atoms with Gasteiger partial charge in [0.25, 0.3) is 0 Å². The minimum Gasteiger partial charge on any atom is -0.480 e. The number of carboxylic acid groups (broad SMARTS) is 1. The molecule has 98 valence electrons. The lowest BCUT2D eigenvalue weighted by atomic mass is 10.0. The highest BCUT2D eigenvalue weighted by Gasteiger charge is 2.41. The Balaban J connectivity index is 2.16. The molecule has 1 N–H and O–H groups in total. The summed E-state index contributed by atoms with van der Waals surface area (Å²) in [5, 5.41) is 13.2. The van der Waals surface area contributed by atoms with Crippen molar-refractivity contribution in [2.24, 2.45) is 5.92 Å². The normalized spacial score (nSPS) is 25.1.